The SMILES string of the molecule is N#Cc1ccccc1-c1ccc(Cn2cc(OC(=O)O)c(=O)c3ccccc32)cc1. The lowest BCUT2D eigenvalue weighted by Crippen LogP contribution is -2.16. The van der Waals surface area contributed by atoms with Gasteiger partial charge in [-0.1, -0.05) is 54.6 Å². The van der Waals surface area contributed by atoms with Gasteiger partial charge in [-0.3, -0.25) is 4.79 Å². The highest BCUT2D eigenvalue weighted by atomic mass is 16.7. The predicted molar refractivity (Wildman–Crippen MR) is 113 cm³/mol. The van der Waals surface area contributed by atoms with Crippen LogP contribution >= 0.6 is 0 Å². The van der Waals surface area contributed by atoms with Gasteiger partial charge < -0.3 is 14.4 Å². The lowest BCUT2D eigenvalue weighted by Gasteiger charge is -2.13. The molecule has 0 fully saturated rings. The molecular formula is C24H16N2O4. The average molecular weight is 396 g/mol. The summed E-state index contributed by atoms with van der Waals surface area (Å²) in [5.74, 6) is -0.235. The highest BCUT2D eigenvalue weighted by Gasteiger charge is 2.13. The van der Waals surface area contributed by atoms with E-state index in [0.717, 1.165) is 16.7 Å². The van der Waals surface area contributed by atoms with Crippen LogP contribution in [0.3, 0.4) is 0 Å². The predicted octanol–water partition coefficient (Wildman–Crippen LogP) is 4.65. The van der Waals surface area contributed by atoms with E-state index < -0.39 is 11.6 Å². The van der Waals surface area contributed by atoms with Crippen molar-refractivity contribution in [3.05, 3.63) is 100 Å². The average Bonchev–Trinajstić information content (AvgIpc) is 2.77. The van der Waals surface area contributed by atoms with Gasteiger partial charge in [-0.25, -0.2) is 4.79 Å². The van der Waals surface area contributed by atoms with Crippen LogP contribution in [0.2, 0.25) is 0 Å². The molecule has 146 valence electrons. The molecule has 0 amide bonds. The van der Waals surface area contributed by atoms with Gasteiger partial charge in [-0.15, -0.1) is 0 Å². The number of nitriles is 1. The van der Waals surface area contributed by atoms with Gasteiger partial charge in [-0.05, 0) is 34.9 Å². The summed E-state index contributed by atoms with van der Waals surface area (Å²) in [7, 11) is 0. The molecule has 6 nitrogen and oxygen atoms in total. The minimum absolute atomic E-state index is 0.235. The van der Waals surface area contributed by atoms with Crippen LogP contribution in [0.1, 0.15) is 11.1 Å². The summed E-state index contributed by atoms with van der Waals surface area (Å²) in [6.45, 7) is 0.414. The van der Waals surface area contributed by atoms with Gasteiger partial charge in [0.1, 0.15) is 0 Å². The third kappa shape index (κ3) is 3.64. The molecule has 4 rings (SSSR count). The number of nitrogens with zero attached hydrogens (tertiary/aromatic N) is 2. The highest BCUT2D eigenvalue weighted by Crippen LogP contribution is 2.24. The molecule has 30 heavy (non-hydrogen) atoms. The Morgan fingerprint density at radius 3 is 2.43 bits per heavy atom. The van der Waals surface area contributed by atoms with Crippen molar-refractivity contribution in [1.29, 1.82) is 5.26 Å². The first-order valence-corrected chi connectivity index (χ1v) is 9.18. The van der Waals surface area contributed by atoms with E-state index in [1.165, 1.54) is 6.20 Å². The van der Waals surface area contributed by atoms with E-state index in [2.05, 4.69) is 10.8 Å². The summed E-state index contributed by atoms with van der Waals surface area (Å²) in [6.07, 6.45) is -0.119. The molecule has 0 spiro atoms. The van der Waals surface area contributed by atoms with Crippen LogP contribution in [0.15, 0.2) is 83.8 Å². The molecular weight excluding hydrogens is 380 g/mol. The zero-order chi connectivity index (χ0) is 21.1. The van der Waals surface area contributed by atoms with Crippen LogP contribution in [-0.4, -0.2) is 15.8 Å². The number of fused-ring (bicyclic) bond motifs is 1. The Kier molecular flexibility index (Phi) is 5.02. The fourth-order valence-corrected chi connectivity index (χ4v) is 3.43. The summed E-state index contributed by atoms with van der Waals surface area (Å²) in [5, 5.41) is 18.6. The van der Waals surface area contributed by atoms with Crippen LogP contribution < -0.4 is 10.2 Å². The Bertz CT molecular complexity index is 1350. The van der Waals surface area contributed by atoms with Crippen molar-refractivity contribution in [3.63, 3.8) is 0 Å². The molecule has 1 N–H and O–H groups in total. The van der Waals surface area contributed by atoms with Crippen molar-refractivity contribution in [2.75, 3.05) is 0 Å². The monoisotopic (exact) mass is 396 g/mol. The van der Waals surface area contributed by atoms with E-state index in [1.54, 1.807) is 28.8 Å². The normalized spacial score (nSPS) is 10.5. The summed E-state index contributed by atoms with van der Waals surface area (Å²) in [6, 6.07) is 24.3. The van der Waals surface area contributed by atoms with Gasteiger partial charge in [0.15, 0.2) is 5.75 Å². The van der Waals surface area contributed by atoms with Crippen molar-refractivity contribution >= 4 is 17.1 Å². The quantitative estimate of drug-likeness (QED) is 0.507. The molecule has 0 saturated heterocycles. The number of ether oxygens (including phenoxy) is 1. The van der Waals surface area contributed by atoms with Crippen LogP contribution in [0.5, 0.6) is 5.75 Å². The zero-order valence-corrected chi connectivity index (χ0v) is 15.8. The third-order valence-corrected chi connectivity index (χ3v) is 4.82. The first-order valence-electron chi connectivity index (χ1n) is 9.18. The maximum atomic E-state index is 12.5. The minimum atomic E-state index is -1.53. The molecule has 0 radical (unpaired) electrons. The minimum Gasteiger partial charge on any atom is -0.449 e. The van der Waals surface area contributed by atoms with E-state index in [-0.39, 0.29) is 5.75 Å². The lowest BCUT2D eigenvalue weighted by atomic mass is 9.99. The second-order valence-corrected chi connectivity index (χ2v) is 6.69. The zero-order valence-electron chi connectivity index (χ0n) is 15.8. The number of benzene rings is 3. The molecule has 1 heterocycles. The second kappa shape index (κ2) is 7.94. The smallest absolute Gasteiger partial charge is 0.449 e. The Balaban J connectivity index is 1.72. The molecule has 0 saturated carbocycles. The number of carbonyl (C=O) groups is 1. The van der Waals surface area contributed by atoms with Crippen molar-refractivity contribution in [3.8, 4) is 22.9 Å². The summed E-state index contributed by atoms with van der Waals surface area (Å²) >= 11 is 0. The number of pyridine rings is 1. The van der Waals surface area contributed by atoms with E-state index in [9.17, 15) is 14.9 Å². The number of rotatable bonds is 4. The molecule has 0 atom stereocenters. The Hall–Kier alpha value is -4.37. The maximum absolute atomic E-state index is 12.5. The van der Waals surface area contributed by atoms with Crippen molar-refractivity contribution < 1.29 is 14.6 Å². The first kappa shape index (κ1) is 19.0. The molecule has 4 aromatic rings. The van der Waals surface area contributed by atoms with Crippen LogP contribution in [0, 0.1) is 11.3 Å². The van der Waals surface area contributed by atoms with Crippen LogP contribution in [-0.2, 0) is 6.54 Å². The number of hydrogen-bond acceptors (Lipinski definition) is 4. The van der Waals surface area contributed by atoms with E-state index in [0.29, 0.717) is 23.0 Å². The topological polar surface area (TPSA) is 92.3 Å². The molecule has 6 heteroatoms. The first-order chi connectivity index (χ1) is 14.6. The van der Waals surface area contributed by atoms with Crippen LogP contribution in [0.4, 0.5) is 4.79 Å². The van der Waals surface area contributed by atoms with E-state index in [4.69, 9.17) is 5.11 Å². The van der Waals surface area contributed by atoms with E-state index in [1.807, 2.05) is 48.5 Å². The molecule has 0 bridgehead atoms. The van der Waals surface area contributed by atoms with Gasteiger partial charge >= 0.3 is 6.16 Å². The fraction of sp³-hybridized carbons (Fsp3) is 0.0417. The van der Waals surface area contributed by atoms with Crippen LogP contribution in [0.25, 0.3) is 22.0 Å². The Morgan fingerprint density at radius 2 is 1.70 bits per heavy atom. The molecule has 0 aliphatic rings. The van der Waals surface area contributed by atoms with Gasteiger partial charge in [0.25, 0.3) is 0 Å². The van der Waals surface area contributed by atoms with Gasteiger partial charge in [0.05, 0.1) is 23.3 Å². The number of para-hydroxylation sites is 1. The summed E-state index contributed by atoms with van der Waals surface area (Å²) < 4.78 is 6.47. The molecule has 0 aliphatic heterocycles. The molecule has 1 aromatic heterocycles. The number of hydrogen-bond donors (Lipinski definition) is 1. The second-order valence-electron chi connectivity index (χ2n) is 6.69. The highest BCUT2D eigenvalue weighted by molar-refractivity contribution is 5.81. The van der Waals surface area contributed by atoms with Gasteiger partial charge in [-0.2, -0.15) is 5.26 Å². The maximum Gasteiger partial charge on any atom is 0.511 e. The Labute approximate surface area is 171 Å². The number of carboxylic acid groups (broad SMARTS) is 1. The summed E-state index contributed by atoms with van der Waals surface area (Å²) in [4.78, 5) is 23.5. The molecule has 0 aliphatic carbocycles. The third-order valence-electron chi connectivity index (χ3n) is 4.82. The standard InChI is InChI=1S/C24H16N2O4/c25-13-18-5-1-2-6-19(18)17-11-9-16(10-12-17)14-26-15-22(30-24(28)29)23(27)20-7-3-4-8-21(20)26/h1-12,15H,14H2,(H,28,29). The summed E-state index contributed by atoms with van der Waals surface area (Å²) in [5.41, 5.74) is 3.55. The van der Waals surface area contributed by atoms with Gasteiger partial charge in [0.2, 0.25) is 5.43 Å². The van der Waals surface area contributed by atoms with Crippen molar-refractivity contribution in [1.82, 2.24) is 4.57 Å². The van der Waals surface area contributed by atoms with Gasteiger partial charge in [0, 0.05) is 11.9 Å². The largest absolute Gasteiger partial charge is 0.511 e. The molecule has 3 aromatic carbocycles. The lowest BCUT2D eigenvalue weighted by molar-refractivity contribution is 0.144. The Morgan fingerprint density at radius 1 is 1.00 bits per heavy atom. The van der Waals surface area contributed by atoms with Crippen molar-refractivity contribution in [2.45, 2.75) is 6.54 Å². The fourth-order valence-electron chi connectivity index (χ4n) is 3.43. The number of aromatic nitrogens is 1. The molecule has 0 unspecified atom stereocenters. The van der Waals surface area contributed by atoms with Crippen molar-refractivity contribution in [2.24, 2.45) is 0 Å². The van der Waals surface area contributed by atoms with E-state index >= 15 is 0 Å².